The third kappa shape index (κ3) is 3.16. The molecule has 2 rings (SSSR count). The highest BCUT2D eigenvalue weighted by Crippen LogP contribution is 2.32. The summed E-state index contributed by atoms with van der Waals surface area (Å²) in [4.78, 5) is 11.1. The number of rotatable bonds is 4. The second-order valence-electron chi connectivity index (χ2n) is 6.14. The molecule has 3 nitrogen and oxygen atoms in total. The third-order valence-corrected chi connectivity index (χ3v) is 4.04. The Balaban J connectivity index is 2.15. The lowest BCUT2D eigenvalue weighted by atomic mass is 9.83. The number of aliphatic hydroxyl groups is 1. The Morgan fingerprint density at radius 2 is 1.89 bits per heavy atom. The van der Waals surface area contributed by atoms with Crippen molar-refractivity contribution in [2.45, 2.75) is 52.1 Å². The minimum atomic E-state index is -0.907. The maximum absolute atomic E-state index is 11.1. The lowest BCUT2D eigenvalue weighted by Gasteiger charge is -2.24. The van der Waals surface area contributed by atoms with Gasteiger partial charge in [-0.15, -0.1) is 0 Å². The molecule has 0 fully saturated rings. The molecule has 1 aliphatic rings. The Bertz CT molecular complexity index is 477. The van der Waals surface area contributed by atoms with Gasteiger partial charge in [-0.05, 0) is 62.6 Å². The van der Waals surface area contributed by atoms with Gasteiger partial charge in [-0.25, -0.2) is 0 Å². The van der Waals surface area contributed by atoms with E-state index in [4.69, 9.17) is 5.11 Å². The second-order valence-corrected chi connectivity index (χ2v) is 6.14. The molecule has 0 radical (unpaired) electrons. The fraction of sp³-hybridized carbons (Fsp3) is 0.562. The summed E-state index contributed by atoms with van der Waals surface area (Å²) < 4.78 is 0. The first-order chi connectivity index (χ1) is 8.90. The number of fused-ring (bicyclic) bond motifs is 1. The van der Waals surface area contributed by atoms with E-state index in [1.807, 2.05) is 6.07 Å². The van der Waals surface area contributed by atoms with Crippen LogP contribution >= 0.6 is 0 Å². The lowest BCUT2D eigenvalue weighted by molar-refractivity contribution is -0.148. The van der Waals surface area contributed by atoms with Gasteiger partial charge in [0.1, 0.15) is 0 Å². The molecule has 0 spiro atoms. The molecule has 0 heterocycles. The van der Waals surface area contributed by atoms with Crippen molar-refractivity contribution in [1.29, 1.82) is 0 Å². The molecule has 0 aromatic heterocycles. The number of aliphatic hydroxyl groups excluding tert-OH is 1. The summed E-state index contributed by atoms with van der Waals surface area (Å²) in [6, 6.07) is 6.07. The van der Waals surface area contributed by atoms with Crippen LogP contribution in [0.15, 0.2) is 18.2 Å². The van der Waals surface area contributed by atoms with Crippen molar-refractivity contribution in [3.05, 3.63) is 34.9 Å². The number of aryl methyl sites for hydroxylation is 2. The van der Waals surface area contributed by atoms with Gasteiger partial charge >= 0.3 is 5.97 Å². The normalized spacial score (nSPS) is 16.8. The van der Waals surface area contributed by atoms with Crippen molar-refractivity contribution in [3.63, 3.8) is 0 Å². The summed E-state index contributed by atoms with van der Waals surface area (Å²) in [5.41, 5.74) is 2.63. The van der Waals surface area contributed by atoms with Crippen molar-refractivity contribution in [3.8, 4) is 0 Å². The van der Waals surface area contributed by atoms with Crippen molar-refractivity contribution in [1.82, 2.24) is 0 Å². The average Bonchev–Trinajstić information content (AvgIpc) is 2.37. The summed E-state index contributed by atoms with van der Waals surface area (Å²) in [5, 5.41) is 19.4. The zero-order chi connectivity index (χ0) is 14.0. The summed E-state index contributed by atoms with van der Waals surface area (Å²) in [5.74, 6) is -0.871. The highest BCUT2D eigenvalue weighted by molar-refractivity contribution is 5.73. The first-order valence-corrected chi connectivity index (χ1v) is 6.93. The zero-order valence-corrected chi connectivity index (χ0v) is 11.6. The number of carboxylic acids is 1. The Labute approximate surface area is 114 Å². The van der Waals surface area contributed by atoms with E-state index in [1.165, 1.54) is 24.0 Å². The van der Waals surface area contributed by atoms with E-state index in [2.05, 4.69) is 12.1 Å². The van der Waals surface area contributed by atoms with Gasteiger partial charge < -0.3 is 10.2 Å². The van der Waals surface area contributed by atoms with Crippen molar-refractivity contribution in [2.75, 3.05) is 0 Å². The molecule has 0 aliphatic heterocycles. The molecule has 0 saturated carbocycles. The van der Waals surface area contributed by atoms with Crippen LogP contribution in [0.3, 0.4) is 0 Å². The summed E-state index contributed by atoms with van der Waals surface area (Å²) in [6.07, 6.45) is 4.15. The molecule has 3 heteroatoms. The maximum atomic E-state index is 11.1. The molecule has 1 aromatic rings. The zero-order valence-electron chi connectivity index (χ0n) is 11.6. The number of benzene rings is 1. The molecule has 2 N–H and O–H groups in total. The smallest absolute Gasteiger partial charge is 0.309 e. The number of carboxylic acid groups (broad SMARTS) is 1. The minimum absolute atomic E-state index is 0.237. The average molecular weight is 262 g/mol. The molecule has 0 saturated heterocycles. The molecular formula is C16H22O3. The molecule has 1 aliphatic carbocycles. The molecule has 19 heavy (non-hydrogen) atoms. The van der Waals surface area contributed by atoms with Crippen LogP contribution in [0.5, 0.6) is 0 Å². The van der Waals surface area contributed by atoms with Gasteiger partial charge in [0.2, 0.25) is 0 Å². The number of hydrogen-bond donors (Lipinski definition) is 2. The molecule has 1 atom stereocenters. The number of hydrogen-bond acceptors (Lipinski definition) is 2. The van der Waals surface area contributed by atoms with Crippen LogP contribution in [0, 0.1) is 5.41 Å². The minimum Gasteiger partial charge on any atom is -0.481 e. The Morgan fingerprint density at radius 3 is 2.53 bits per heavy atom. The van der Waals surface area contributed by atoms with Gasteiger partial charge in [-0.3, -0.25) is 4.79 Å². The molecule has 1 aromatic carbocycles. The van der Waals surface area contributed by atoms with Crippen molar-refractivity contribution >= 4 is 5.97 Å². The molecular weight excluding hydrogens is 240 g/mol. The summed E-state index contributed by atoms with van der Waals surface area (Å²) in [6.45, 7) is 3.30. The second kappa shape index (κ2) is 5.33. The van der Waals surface area contributed by atoms with Crippen LogP contribution in [-0.2, 0) is 17.6 Å². The van der Waals surface area contributed by atoms with E-state index in [1.54, 1.807) is 13.8 Å². The van der Waals surface area contributed by atoms with Gasteiger partial charge in [0.05, 0.1) is 11.5 Å². The molecule has 104 valence electrons. The predicted molar refractivity (Wildman–Crippen MR) is 74.1 cm³/mol. The van der Waals surface area contributed by atoms with Crippen molar-refractivity contribution < 1.29 is 15.0 Å². The predicted octanol–water partition coefficient (Wildman–Crippen LogP) is 3.10. The van der Waals surface area contributed by atoms with E-state index in [-0.39, 0.29) is 6.42 Å². The molecule has 0 bridgehead atoms. The van der Waals surface area contributed by atoms with Crippen LogP contribution in [-0.4, -0.2) is 16.2 Å². The fourth-order valence-electron chi connectivity index (χ4n) is 2.65. The summed E-state index contributed by atoms with van der Waals surface area (Å²) in [7, 11) is 0. The Hall–Kier alpha value is -1.35. The van der Waals surface area contributed by atoms with Gasteiger partial charge in [0.25, 0.3) is 0 Å². The fourth-order valence-corrected chi connectivity index (χ4v) is 2.65. The Kier molecular flexibility index (Phi) is 3.95. The SMILES string of the molecule is CC(C)(CC(O)c1ccc2c(c1)CCCC2)C(=O)O. The molecule has 1 unspecified atom stereocenters. The van der Waals surface area contributed by atoms with Crippen LogP contribution in [0.4, 0.5) is 0 Å². The van der Waals surface area contributed by atoms with Crippen LogP contribution in [0.2, 0.25) is 0 Å². The lowest BCUT2D eigenvalue weighted by Crippen LogP contribution is -2.26. The van der Waals surface area contributed by atoms with Crippen LogP contribution in [0.1, 0.15) is 55.9 Å². The first-order valence-electron chi connectivity index (χ1n) is 6.93. The van der Waals surface area contributed by atoms with Crippen molar-refractivity contribution in [2.24, 2.45) is 5.41 Å². The van der Waals surface area contributed by atoms with Gasteiger partial charge in [-0.2, -0.15) is 0 Å². The van der Waals surface area contributed by atoms with E-state index >= 15 is 0 Å². The highest BCUT2D eigenvalue weighted by Gasteiger charge is 2.30. The maximum Gasteiger partial charge on any atom is 0.309 e. The number of carbonyl (C=O) groups is 1. The van der Waals surface area contributed by atoms with E-state index < -0.39 is 17.5 Å². The highest BCUT2D eigenvalue weighted by atomic mass is 16.4. The molecule has 0 amide bonds. The third-order valence-electron chi connectivity index (χ3n) is 4.04. The quantitative estimate of drug-likeness (QED) is 0.876. The van der Waals surface area contributed by atoms with Gasteiger partial charge in [0.15, 0.2) is 0 Å². The van der Waals surface area contributed by atoms with Crippen LogP contribution in [0.25, 0.3) is 0 Å². The van der Waals surface area contributed by atoms with E-state index in [0.717, 1.165) is 18.4 Å². The topological polar surface area (TPSA) is 57.5 Å². The van der Waals surface area contributed by atoms with E-state index in [0.29, 0.717) is 0 Å². The Morgan fingerprint density at radius 1 is 1.26 bits per heavy atom. The first kappa shape index (κ1) is 14.1. The van der Waals surface area contributed by atoms with E-state index in [9.17, 15) is 9.90 Å². The van der Waals surface area contributed by atoms with Gasteiger partial charge in [-0.1, -0.05) is 18.2 Å². The van der Waals surface area contributed by atoms with Crippen LogP contribution < -0.4 is 0 Å². The standard InChI is InChI=1S/C16H22O3/c1-16(2,15(18)19)10-14(17)13-8-7-11-5-3-4-6-12(11)9-13/h7-9,14,17H,3-6,10H2,1-2H3,(H,18,19). The number of aliphatic carboxylic acids is 1. The summed E-state index contributed by atoms with van der Waals surface area (Å²) >= 11 is 0. The van der Waals surface area contributed by atoms with Gasteiger partial charge in [0, 0.05) is 0 Å². The monoisotopic (exact) mass is 262 g/mol. The largest absolute Gasteiger partial charge is 0.481 e.